The maximum absolute atomic E-state index is 11.8. The number of ether oxygens (including phenoxy) is 1. The predicted molar refractivity (Wildman–Crippen MR) is 58.1 cm³/mol. The molecule has 1 N–H and O–H groups in total. The van der Waals surface area contributed by atoms with Crippen molar-refractivity contribution in [2.75, 3.05) is 20.2 Å². The van der Waals surface area contributed by atoms with E-state index < -0.39 is 17.8 Å². The summed E-state index contributed by atoms with van der Waals surface area (Å²) in [6, 6.07) is 0. The molecule has 1 rings (SSSR count). The van der Waals surface area contributed by atoms with Crippen LogP contribution in [0.1, 0.15) is 19.8 Å². The number of methoxy groups -OCH3 is 1. The molecular weight excluding hydrogens is 226 g/mol. The van der Waals surface area contributed by atoms with E-state index in [0.717, 1.165) is 0 Å². The summed E-state index contributed by atoms with van der Waals surface area (Å²) in [5.41, 5.74) is 0. The second-order valence-corrected chi connectivity index (χ2v) is 4.21. The molecule has 0 saturated carbocycles. The molecule has 0 aromatic rings. The lowest BCUT2D eigenvalue weighted by Gasteiger charge is -2.32. The molecule has 6 heteroatoms. The van der Waals surface area contributed by atoms with Gasteiger partial charge in [-0.05, 0) is 19.8 Å². The van der Waals surface area contributed by atoms with Crippen LogP contribution in [0.25, 0.3) is 0 Å². The van der Waals surface area contributed by atoms with Crippen LogP contribution in [0, 0.1) is 11.8 Å². The zero-order valence-corrected chi connectivity index (χ0v) is 10.0. The van der Waals surface area contributed by atoms with Gasteiger partial charge in [-0.2, -0.15) is 0 Å². The Morgan fingerprint density at radius 3 is 2.59 bits per heavy atom. The van der Waals surface area contributed by atoms with Gasteiger partial charge in [-0.3, -0.25) is 14.4 Å². The third-order valence-corrected chi connectivity index (χ3v) is 3.01. The number of carbonyl (C=O) groups excluding carboxylic acids is 2. The Kier molecular flexibility index (Phi) is 4.48. The van der Waals surface area contributed by atoms with E-state index in [-0.39, 0.29) is 18.4 Å². The van der Waals surface area contributed by atoms with Crippen LogP contribution in [0.15, 0.2) is 0 Å². The zero-order valence-electron chi connectivity index (χ0n) is 10.0. The lowest BCUT2D eigenvalue weighted by Crippen LogP contribution is -2.46. The summed E-state index contributed by atoms with van der Waals surface area (Å²) in [6.07, 6.45) is 1.37. The second kappa shape index (κ2) is 5.65. The van der Waals surface area contributed by atoms with Crippen molar-refractivity contribution in [3.8, 4) is 0 Å². The molecule has 0 aromatic heterocycles. The standard InChI is InChI=1S/C11H17NO5/c1-7(10(14)15)9(13)12-5-3-4-8(6-12)11(16)17-2/h7-8H,3-6H2,1-2H3,(H,14,15). The van der Waals surface area contributed by atoms with E-state index in [2.05, 4.69) is 4.74 Å². The number of carboxylic acids is 1. The number of carbonyl (C=O) groups is 3. The molecule has 17 heavy (non-hydrogen) atoms. The highest BCUT2D eigenvalue weighted by Crippen LogP contribution is 2.19. The van der Waals surface area contributed by atoms with Gasteiger partial charge in [0.1, 0.15) is 5.92 Å². The molecule has 0 aromatic carbocycles. The lowest BCUT2D eigenvalue weighted by molar-refractivity contribution is -0.153. The molecule has 1 heterocycles. The van der Waals surface area contributed by atoms with E-state index in [1.165, 1.54) is 18.9 Å². The number of rotatable bonds is 3. The number of hydrogen-bond acceptors (Lipinski definition) is 4. The van der Waals surface area contributed by atoms with E-state index in [9.17, 15) is 14.4 Å². The third kappa shape index (κ3) is 3.18. The second-order valence-electron chi connectivity index (χ2n) is 4.21. The van der Waals surface area contributed by atoms with Crippen LogP contribution in [0.4, 0.5) is 0 Å². The summed E-state index contributed by atoms with van der Waals surface area (Å²) in [6.45, 7) is 2.11. The smallest absolute Gasteiger partial charge is 0.315 e. The summed E-state index contributed by atoms with van der Waals surface area (Å²) in [5.74, 6) is -3.32. The molecule has 1 amide bonds. The Morgan fingerprint density at radius 2 is 2.06 bits per heavy atom. The van der Waals surface area contributed by atoms with Gasteiger partial charge in [-0.15, -0.1) is 0 Å². The van der Waals surface area contributed by atoms with Gasteiger partial charge < -0.3 is 14.7 Å². The summed E-state index contributed by atoms with van der Waals surface area (Å²) in [7, 11) is 1.31. The summed E-state index contributed by atoms with van der Waals surface area (Å²) < 4.78 is 4.63. The van der Waals surface area contributed by atoms with Gasteiger partial charge in [0.05, 0.1) is 13.0 Å². The first-order valence-electron chi connectivity index (χ1n) is 5.56. The van der Waals surface area contributed by atoms with Gasteiger partial charge in [-0.25, -0.2) is 0 Å². The van der Waals surface area contributed by atoms with Gasteiger partial charge in [0.2, 0.25) is 5.91 Å². The molecule has 1 fully saturated rings. The van der Waals surface area contributed by atoms with Crippen LogP contribution in [0.5, 0.6) is 0 Å². The minimum atomic E-state index is -1.14. The molecule has 1 aliphatic rings. The van der Waals surface area contributed by atoms with E-state index in [1.807, 2.05) is 0 Å². The van der Waals surface area contributed by atoms with E-state index in [1.54, 1.807) is 0 Å². The molecular formula is C11H17NO5. The number of carboxylic acid groups (broad SMARTS) is 1. The first-order chi connectivity index (χ1) is 7.97. The van der Waals surface area contributed by atoms with Crippen molar-refractivity contribution < 1.29 is 24.2 Å². The Morgan fingerprint density at radius 1 is 1.41 bits per heavy atom. The largest absolute Gasteiger partial charge is 0.481 e. The monoisotopic (exact) mass is 243 g/mol. The van der Waals surface area contributed by atoms with Crippen LogP contribution in [0.2, 0.25) is 0 Å². The number of hydrogen-bond donors (Lipinski definition) is 1. The quantitative estimate of drug-likeness (QED) is 0.562. The van der Waals surface area contributed by atoms with Crippen molar-refractivity contribution in [1.82, 2.24) is 4.90 Å². The number of nitrogens with zero attached hydrogens (tertiary/aromatic N) is 1. The van der Waals surface area contributed by atoms with Crippen molar-refractivity contribution in [2.45, 2.75) is 19.8 Å². The van der Waals surface area contributed by atoms with E-state index >= 15 is 0 Å². The van der Waals surface area contributed by atoms with Crippen molar-refractivity contribution in [3.05, 3.63) is 0 Å². The normalized spacial score (nSPS) is 21.8. The van der Waals surface area contributed by atoms with Crippen LogP contribution in [0.3, 0.4) is 0 Å². The van der Waals surface area contributed by atoms with Crippen molar-refractivity contribution in [1.29, 1.82) is 0 Å². The fourth-order valence-corrected chi connectivity index (χ4v) is 1.92. The van der Waals surface area contributed by atoms with Gasteiger partial charge >= 0.3 is 11.9 Å². The number of likely N-dealkylation sites (tertiary alicyclic amines) is 1. The molecule has 0 radical (unpaired) electrons. The minimum Gasteiger partial charge on any atom is -0.481 e. The third-order valence-electron chi connectivity index (χ3n) is 3.01. The van der Waals surface area contributed by atoms with Gasteiger partial charge in [0.15, 0.2) is 0 Å². The first kappa shape index (κ1) is 13.5. The van der Waals surface area contributed by atoms with E-state index in [4.69, 9.17) is 5.11 Å². The molecule has 96 valence electrons. The van der Waals surface area contributed by atoms with Crippen molar-refractivity contribution in [2.24, 2.45) is 11.8 Å². The average molecular weight is 243 g/mol. The predicted octanol–water partition coefficient (Wildman–Crippen LogP) is 0.119. The fraction of sp³-hybridized carbons (Fsp3) is 0.727. The highest BCUT2D eigenvalue weighted by atomic mass is 16.5. The summed E-state index contributed by atoms with van der Waals surface area (Å²) >= 11 is 0. The Bertz CT molecular complexity index is 328. The Balaban J connectivity index is 2.63. The molecule has 0 aliphatic carbocycles. The molecule has 1 aliphatic heterocycles. The van der Waals surface area contributed by atoms with Gasteiger partial charge in [0.25, 0.3) is 0 Å². The zero-order chi connectivity index (χ0) is 13.0. The SMILES string of the molecule is COC(=O)C1CCCN(C(=O)C(C)C(=O)O)C1. The average Bonchev–Trinajstić information content (AvgIpc) is 2.36. The lowest BCUT2D eigenvalue weighted by atomic mass is 9.97. The molecule has 2 unspecified atom stereocenters. The molecule has 6 nitrogen and oxygen atoms in total. The van der Waals surface area contributed by atoms with Crippen LogP contribution < -0.4 is 0 Å². The highest BCUT2D eigenvalue weighted by molar-refractivity contribution is 5.96. The number of amides is 1. The van der Waals surface area contributed by atoms with Crippen LogP contribution >= 0.6 is 0 Å². The Labute approximate surface area is 99.5 Å². The van der Waals surface area contributed by atoms with Crippen molar-refractivity contribution in [3.63, 3.8) is 0 Å². The van der Waals surface area contributed by atoms with Crippen molar-refractivity contribution >= 4 is 17.8 Å². The maximum Gasteiger partial charge on any atom is 0.315 e. The number of aliphatic carboxylic acids is 1. The molecule has 2 atom stereocenters. The molecule has 0 bridgehead atoms. The summed E-state index contributed by atoms with van der Waals surface area (Å²) in [4.78, 5) is 35.3. The maximum atomic E-state index is 11.8. The fourth-order valence-electron chi connectivity index (χ4n) is 1.92. The van der Waals surface area contributed by atoms with Crippen LogP contribution in [-0.4, -0.2) is 48.1 Å². The van der Waals surface area contributed by atoms with Gasteiger partial charge in [0, 0.05) is 13.1 Å². The number of esters is 1. The number of piperidine rings is 1. The van der Waals surface area contributed by atoms with Crippen LogP contribution in [-0.2, 0) is 19.1 Å². The molecule has 0 spiro atoms. The highest BCUT2D eigenvalue weighted by Gasteiger charge is 2.32. The van der Waals surface area contributed by atoms with Gasteiger partial charge in [-0.1, -0.05) is 0 Å². The molecule has 1 saturated heterocycles. The summed E-state index contributed by atoms with van der Waals surface area (Å²) in [5, 5.41) is 8.77. The van der Waals surface area contributed by atoms with E-state index in [0.29, 0.717) is 19.4 Å². The minimum absolute atomic E-state index is 0.253. The topological polar surface area (TPSA) is 83.9 Å². The Hall–Kier alpha value is -1.59. The first-order valence-corrected chi connectivity index (χ1v) is 5.56.